The zero-order valence-electron chi connectivity index (χ0n) is 7.27. The van der Waals surface area contributed by atoms with Crippen molar-refractivity contribution in [2.24, 2.45) is 0 Å². The smallest absolute Gasteiger partial charge is 0.267 e. The molecule has 0 bridgehead atoms. The first-order valence-electron chi connectivity index (χ1n) is 3.73. The Hall–Kier alpha value is -1.51. The Morgan fingerprint density at radius 3 is 2.83 bits per heavy atom. The zero-order valence-corrected chi connectivity index (χ0v) is 7.27. The van der Waals surface area contributed by atoms with Crippen molar-refractivity contribution in [2.75, 3.05) is 7.05 Å². The van der Waals surface area contributed by atoms with Crippen molar-refractivity contribution in [2.45, 2.75) is 6.92 Å². The Kier molecular flexibility index (Phi) is 2.33. The molecule has 0 spiro atoms. The van der Waals surface area contributed by atoms with Gasteiger partial charge < -0.3 is 10.3 Å². The molecule has 0 aliphatic rings. The molecule has 0 aliphatic carbocycles. The van der Waals surface area contributed by atoms with E-state index in [1.54, 1.807) is 19.2 Å². The highest BCUT2D eigenvalue weighted by Crippen LogP contribution is 2.10. The van der Waals surface area contributed by atoms with Crippen molar-refractivity contribution in [1.29, 1.82) is 0 Å². The van der Waals surface area contributed by atoms with Gasteiger partial charge in [-0.05, 0) is 24.6 Å². The van der Waals surface area contributed by atoms with E-state index in [-0.39, 0.29) is 5.91 Å². The highest BCUT2D eigenvalue weighted by atomic mass is 16.1. The van der Waals surface area contributed by atoms with Crippen LogP contribution in [0.3, 0.4) is 0 Å². The first-order chi connectivity index (χ1) is 5.69. The molecule has 64 valence electrons. The molecule has 3 nitrogen and oxygen atoms in total. The molecule has 0 radical (unpaired) electrons. The highest BCUT2D eigenvalue weighted by molar-refractivity contribution is 5.92. The lowest BCUT2D eigenvalue weighted by atomic mass is 10.2. The molecule has 0 unspecified atom stereocenters. The maximum absolute atomic E-state index is 11.1. The third-order valence-corrected chi connectivity index (χ3v) is 1.73. The zero-order chi connectivity index (χ0) is 9.14. The summed E-state index contributed by atoms with van der Waals surface area (Å²) in [4.78, 5) is 14.1. The summed E-state index contributed by atoms with van der Waals surface area (Å²) in [6.07, 6.45) is 1.70. The van der Waals surface area contributed by atoms with Crippen molar-refractivity contribution in [1.82, 2.24) is 10.3 Å². The largest absolute Gasteiger partial charge is 0.354 e. The lowest BCUT2D eigenvalue weighted by Gasteiger charge is -1.92. The fourth-order valence-corrected chi connectivity index (χ4v) is 1.04. The molecule has 1 heterocycles. The van der Waals surface area contributed by atoms with Crippen LogP contribution in [0.2, 0.25) is 0 Å². The van der Waals surface area contributed by atoms with Gasteiger partial charge in [0.15, 0.2) is 0 Å². The summed E-state index contributed by atoms with van der Waals surface area (Å²) < 4.78 is 0. The molecular formula is C9H12N2O. The van der Waals surface area contributed by atoms with E-state index in [0.717, 1.165) is 11.3 Å². The summed E-state index contributed by atoms with van der Waals surface area (Å²) in [5.74, 6) is -0.105. The average molecular weight is 164 g/mol. The summed E-state index contributed by atoms with van der Waals surface area (Å²) in [6, 6.07) is 1.80. The van der Waals surface area contributed by atoms with E-state index in [0.29, 0.717) is 5.69 Å². The van der Waals surface area contributed by atoms with Crippen molar-refractivity contribution in [3.63, 3.8) is 0 Å². The fourth-order valence-electron chi connectivity index (χ4n) is 1.04. The molecule has 1 amide bonds. The number of aromatic amines is 1. The number of hydrogen-bond acceptors (Lipinski definition) is 1. The summed E-state index contributed by atoms with van der Waals surface area (Å²) in [6.45, 7) is 5.56. The van der Waals surface area contributed by atoms with Crippen molar-refractivity contribution >= 4 is 12.0 Å². The van der Waals surface area contributed by atoms with Gasteiger partial charge in [0.25, 0.3) is 5.91 Å². The minimum Gasteiger partial charge on any atom is -0.354 e. The minimum atomic E-state index is -0.105. The normalized spacial score (nSPS) is 9.50. The molecule has 1 aromatic heterocycles. The Balaban J connectivity index is 3.04. The second-order valence-corrected chi connectivity index (χ2v) is 2.56. The number of hydrogen-bond donors (Lipinski definition) is 2. The lowest BCUT2D eigenvalue weighted by Crippen LogP contribution is -2.17. The minimum absolute atomic E-state index is 0.105. The standard InChI is InChI=1S/C9H12N2O/c1-4-7-6(2)5-8(11-7)9(12)10-3/h4-5,11H,1H2,2-3H3,(H,10,12). The monoisotopic (exact) mass is 164 g/mol. The van der Waals surface area contributed by atoms with E-state index in [1.165, 1.54) is 0 Å². The predicted molar refractivity (Wildman–Crippen MR) is 49.0 cm³/mol. The number of aryl methyl sites for hydroxylation is 1. The first kappa shape index (κ1) is 8.59. The van der Waals surface area contributed by atoms with E-state index in [4.69, 9.17) is 0 Å². The molecule has 2 N–H and O–H groups in total. The fraction of sp³-hybridized carbons (Fsp3) is 0.222. The second kappa shape index (κ2) is 3.26. The van der Waals surface area contributed by atoms with Gasteiger partial charge in [-0.25, -0.2) is 0 Å². The van der Waals surface area contributed by atoms with E-state index in [1.807, 2.05) is 6.92 Å². The van der Waals surface area contributed by atoms with Crippen LogP contribution >= 0.6 is 0 Å². The summed E-state index contributed by atoms with van der Waals surface area (Å²) in [5, 5.41) is 2.54. The quantitative estimate of drug-likeness (QED) is 0.680. The van der Waals surface area contributed by atoms with Gasteiger partial charge in [0.2, 0.25) is 0 Å². The number of carbonyl (C=O) groups is 1. The van der Waals surface area contributed by atoms with E-state index in [9.17, 15) is 4.79 Å². The molecule has 12 heavy (non-hydrogen) atoms. The number of amides is 1. The SMILES string of the molecule is C=Cc1[nH]c(C(=O)NC)cc1C. The van der Waals surface area contributed by atoms with Gasteiger partial charge in [-0.1, -0.05) is 6.58 Å². The molecule has 0 fully saturated rings. The van der Waals surface area contributed by atoms with Crippen LogP contribution in [-0.4, -0.2) is 17.9 Å². The molecular weight excluding hydrogens is 152 g/mol. The molecule has 0 atom stereocenters. The lowest BCUT2D eigenvalue weighted by molar-refractivity contribution is 0.0958. The van der Waals surface area contributed by atoms with E-state index < -0.39 is 0 Å². The Bertz CT molecular complexity index is 312. The molecule has 0 aliphatic heterocycles. The molecule has 0 aromatic carbocycles. The van der Waals surface area contributed by atoms with Gasteiger partial charge in [-0.2, -0.15) is 0 Å². The van der Waals surface area contributed by atoms with Gasteiger partial charge in [0, 0.05) is 12.7 Å². The maximum atomic E-state index is 11.1. The van der Waals surface area contributed by atoms with Crippen LogP contribution in [-0.2, 0) is 0 Å². The van der Waals surface area contributed by atoms with Gasteiger partial charge >= 0.3 is 0 Å². The molecule has 0 saturated carbocycles. The van der Waals surface area contributed by atoms with Crippen LogP contribution in [0.1, 0.15) is 21.7 Å². The Labute approximate surface area is 71.5 Å². The number of rotatable bonds is 2. The average Bonchev–Trinajstić information content (AvgIpc) is 2.45. The molecule has 3 heteroatoms. The van der Waals surface area contributed by atoms with Crippen LogP contribution in [0.15, 0.2) is 12.6 Å². The molecule has 1 rings (SSSR count). The Morgan fingerprint density at radius 1 is 1.75 bits per heavy atom. The third kappa shape index (κ3) is 1.39. The first-order valence-corrected chi connectivity index (χ1v) is 3.73. The number of carbonyl (C=O) groups excluding carboxylic acids is 1. The van der Waals surface area contributed by atoms with Gasteiger partial charge in [-0.15, -0.1) is 0 Å². The third-order valence-electron chi connectivity index (χ3n) is 1.73. The predicted octanol–water partition coefficient (Wildman–Crippen LogP) is 1.33. The van der Waals surface area contributed by atoms with Crippen LogP contribution in [0.25, 0.3) is 6.08 Å². The van der Waals surface area contributed by atoms with Crippen molar-refractivity contribution in [3.05, 3.63) is 29.6 Å². The summed E-state index contributed by atoms with van der Waals surface area (Å²) in [7, 11) is 1.60. The van der Waals surface area contributed by atoms with Crippen molar-refractivity contribution < 1.29 is 4.79 Å². The highest BCUT2D eigenvalue weighted by Gasteiger charge is 2.07. The maximum Gasteiger partial charge on any atom is 0.267 e. The summed E-state index contributed by atoms with van der Waals surface area (Å²) >= 11 is 0. The van der Waals surface area contributed by atoms with Crippen LogP contribution in [0.4, 0.5) is 0 Å². The van der Waals surface area contributed by atoms with E-state index in [2.05, 4.69) is 16.9 Å². The van der Waals surface area contributed by atoms with Gasteiger partial charge in [0.05, 0.1) is 0 Å². The summed E-state index contributed by atoms with van der Waals surface area (Å²) in [5.41, 5.74) is 2.50. The molecule has 0 saturated heterocycles. The van der Waals surface area contributed by atoms with E-state index >= 15 is 0 Å². The number of aromatic nitrogens is 1. The van der Waals surface area contributed by atoms with Crippen LogP contribution < -0.4 is 5.32 Å². The Morgan fingerprint density at radius 2 is 2.42 bits per heavy atom. The second-order valence-electron chi connectivity index (χ2n) is 2.56. The topological polar surface area (TPSA) is 44.9 Å². The molecule has 1 aromatic rings. The number of H-pyrrole nitrogens is 1. The van der Waals surface area contributed by atoms with Crippen LogP contribution in [0, 0.1) is 6.92 Å². The van der Waals surface area contributed by atoms with Crippen molar-refractivity contribution in [3.8, 4) is 0 Å². The van der Waals surface area contributed by atoms with Gasteiger partial charge in [0.1, 0.15) is 5.69 Å². The number of nitrogens with one attached hydrogen (secondary N) is 2. The van der Waals surface area contributed by atoms with Crippen LogP contribution in [0.5, 0.6) is 0 Å². The van der Waals surface area contributed by atoms with Gasteiger partial charge in [-0.3, -0.25) is 4.79 Å².